The molecule has 1 heterocycles. The van der Waals surface area contributed by atoms with Gasteiger partial charge in [-0.3, -0.25) is 4.90 Å². The Labute approximate surface area is 154 Å². The van der Waals surface area contributed by atoms with E-state index < -0.39 is 0 Å². The first-order valence-electron chi connectivity index (χ1n) is 8.70. The zero-order valence-corrected chi connectivity index (χ0v) is 15.3. The zero-order chi connectivity index (χ0) is 17.6. The first kappa shape index (κ1) is 17.8. The van der Waals surface area contributed by atoms with Crippen LogP contribution in [-0.4, -0.2) is 48.6 Å². The fraction of sp³-hybridized carbons (Fsp3) is 0.350. The molecule has 1 N–H and O–H groups in total. The van der Waals surface area contributed by atoms with Crippen LogP contribution in [0.2, 0.25) is 5.02 Å². The number of hydrogen-bond donors (Lipinski definition) is 1. The van der Waals surface area contributed by atoms with Gasteiger partial charge in [0.1, 0.15) is 0 Å². The van der Waals surface area contributed by atoms with Crippen LogP contribution in [0.4, 0.5) is 10.5 Å². The van der Waals surface area contributed by atoms with Crippen LogP contribution in [0.25, 0.3) is 0 Å². The van der Waals surface area contributed by atoms with Crippen LogP contribution in [0.15, 0.2) is 48.5 Å². The average molecular weight is 358 g/mol. The SMILES string of the molecule is Cc1ccc(Cl)cc1NC(=O)N1CCN(CCc2ccccc2)CC1. The third-order valence-corrected chi connectivity index (χ3v) is 4.90. The molecule has 2 aromatic rings. The molecular formula is C20H24ClN3O. The lowest BCUT2D eigenvalue weighted by atomic mass is 10.1. The normalized spacial score (nSPS) is 15.2. The van der Waals surface area contributed by atoms with Gasteiger partial charge in [-0.25, -0.2) is 4.79 Å². The van der Waals surface area contributed by atoms with Crippen LogP contribution in [0, 0.1) is 6.92 Å². The lowest BCUT2D eigenvalue weighted by Gasteiger charge is -2.34. The molecule has 3 rings (SSSR count). The van der Waals surface area contributed by atoms with E-state index in [-0.39, 0.29) is 6.03 Å². The van der Waals surface area contributed by atoms with E-state index >= 15 is 0 Å². The zero-order valence-electron chi connectivity index (χ0n) is 14.5. The molecule has 4 nitrogen and oxygen atoms in total. The maximum atomic E-state index is 12.5. The number of aryl methyl sites for hydroxylation is 1. The maximum Gasteiger partial charge on any atom is 0.321 e. The molecule has 132 valence electrons. The standard InChI is InChI=1S/C20H24ClN3O/c1-16-7-8-18(21)15-19(16)22-20(25)24-13-11-23(12-14-24)10-9-17-5-3-2-4-6-17/h2-8,15H,9-14H2,1H3,(H,22,25). The molecule has 0 saturated carbocycles. The molecule has 0 atom stereocenters. The van der Waals surface area contributed by atoms with Crippen LogP contribution in [0.3, 0.4) is 0 Å². The summed E-state index contributed by atoms with van der Waals surface area (Å²) >= 11 is 6.02. The molecule has 5 heteroatoms. The molecule has 0 aliphatic carbocycles. The van der Waals surface area contributed by atoms with Crippen molar-refractivity contribution in [2.45, 2.75) is 13.3 Å². The highest BCUT2D eigenvalue weighted by Crippen LogP contribution is 2.20. The molecular weight excluding hydrogens is 334 g/mol. The summed E-state index contributed by atoms with van der Waals surface area (Å²) in [5.41, 5.74) is 3.15. The number of amides is 2. The van der Waals surface area contributed by atoms with Crippen molar-refractivity contribution in [3.63, 3.8) is 0 Å². The number of benzene rings is 2. The molecule has 2 amide bonds. The van der Waals surface area contributed by atoms with Gasteiger partial charge in [0.2, 0.25) is 0 Å². The van der Waals surface area contributed by atoms with Crippen molar-refractivity contribution < 1.29 is 4.79 Å². The largest absolute Gasteiger partial charge is 0.322 e. The maximum absolute atomic E-state index is 12.5. The number of urea groups is 1. The highest BCUT2D eigenvalue weighted by molar-refractivity contribution is 6.31. The van der Waals surface area contributed by atoms with Crippen molar-refractivity contribution in [2.75, 3.05) is 38.0 Å². The fourth-order valence-corrected chi connectivity index (χ4v) is 3.20. The molecule has 2 aromatic carbocycles. The van der Waals surface area contributed by atoms with Gasteiger partial charge in [0.15, 0.2) is 0 Å². The van der Waals surface area contributed by atoms with E-state index in [1.54, 1.807) is 6.07 Å². The minimum absolute atomic E-state index is 0.0481. The smallest absolute Gasteiger partial charge is 0.321 e. The summed E-state index contributed by atoms with van der Waals surface area (Å²) in [5, 5.41) is 3.61. The molecule has 1 aliphatic heterocycles. The summed E-state index contributed by atoms with van der Waals surface area (Å²) in [6, 6.07) is 16.0. The Bertz CT molecular complexity index is 712. The third-order valence-electron chi connectivity index (χ3n) is 4.66. The summed E-state index contributed by atoms with van der Waals surface area (Å²) < 4.78 is 0. The van der Waals surface area contributed by atoms with Gasteiger partial charge in [0.25, 0.3) is 0 Å². The average Bonchev–Trinajstić information content (AvgIpc) is 2.64. The van der Waals surface area contributed by atoms with E-state index in [1.165, 1.54) is 5.56 Å². The summed E-state index contributed by atoms with van der Waals surface area (Å²) in [6.45, 7) is 6.32. The molecule has 0 bridgehead atoms. The first-order valence-corrected chi connectivity index (χ1v) is 9.08. The van der Waals surface area contributed by atoms with Gasteiger partial charge in [0.05, 0.1) is 0 Å². The van der Waals surface area contributed by atoms with Crippen molar-refractivity contribution in [3.05, 3.63) is 64.7 Å². The van der Waals surface area contributed by atoms with Crippen molar-refractivity contribution in [2.24, 2.45) is 0 Å². The predicted octanol–water partition coefficient (Wildman–Crippen LogP) is 4.04. The van der Waals surface area contributed by atoms with Crippen LogP contribution in [0.5, 0.6) is 0 Å². The minimum atomic E-state index is -0.0481. The molecule has 0 spiro atoms. The predicted molar refractivity (Wildman–Crippen MR) is 103 cm³/mol. The topological polar surface area (TPSA) is 35.6 Å². The Hall–Kier alpha value is -2.04. The molecule has 0 unspecified atom stereocenters. The number of halogens is 1. The Kier molecular flexibility index (Phi) is 5.95. The van der Waals surface area contributed by atoms with E-state index in [0.717, 1.165) is 50.4 Å². The number of piperazine rings is 1. The number of carbonyl (C=O) groups excluding carboxylic acids is 1. The second kappa shape index (κ2) is 8.37. The summed E-state index contributed by atoms with van der Waals surface area (Å²) in [7, 11) is 0. The van der Waals surface area contributed by atoms with E-state index in [1.807, 2.05) is 30.0 Å². The number of nitrogens with one attached hydrogen (secondary N) is 1. The van der Waals surface area contributed by atoms with Gasteiger partial charge >= 0.3 is 6.03 Å². The van der Waals surface area contributed by atoms with E-state index in [2.05, 4.69) is 34.5 Å². The molecule has 0 radical (unpaired) electrons. The van der Waals surface area contributed by atoms with Crippen molar-refractivity contribution >= 4 is 23.3 Å². The summed E-state index contributed by atoms with van der Waals surface area (Å²) in [5.74, 6) is 0. The van der Waals surface area contributed by atoms with Crippen LogP contribution in [-0.2, 0) is 6.42 Å². The Morgan fingerprint density at radius 1 is 1.08 bits per heavy atom. The van der Waals surface area contributed by atoms with Gasteiger partial charge in [-0.2, -0.15) is 0 Å². The number of carbonyl (C=O) groups is 1. The number of nitrogens with zero attached hydrogens (tertiary/aromatic N) is 2. The second-order valence-electron chi connectivity index (χ2n) is 6.45. The molecule has 1 aliphatic rings. The molecule has 25 heavy (non-hydrogen) atoms. The monoisotopic (exact) mass is 357 g/mol. The van der Waals surface area contributed by atoms with Crippen molar-refractivity contribution in [3.8, 4) is 0 Å². The second-order valence-corrected chi connectivity index (χ2v) is 6.89. The van der Waals surface area contributed by atoms with Gasteiger partial charge < -0.3 is 10.2 Å². The number of hydrogen-bond acceptors (Lipinski definition) is 2. The van der Waals surface area contributed by atoms with Crippen LogP contribution >= 0.6 is 11.6 Å². The van der Waals surface area contributed by atoms with E-state index in [9.17, 15) is 4.79 Å². The molecule has 1 fully saturated rings. The number of anilines is 1. The van der Waals surface area contributed by atoms with Crippen LogP contribution < -0.4 is 5.32 Å². The Morgan fingerprint density at radius 3 is 2.52 bits per heavy atom. The third kappa shape index (κ3) is 4.97. The minimum Gasteiger partial charge on any atom is -0.322 e. The summed E-state index contributed by atoms with van der Waals surface area (Å²) in [6.07, 6.45) is 1.05. The van der Waals surface area contributed by atoms with E-state index in [4.69, 9.17) is 11.6 Å². The van der Waals surface area contributed by atoms with Crippen LogP contribution in [0.1, 0.15) is 11.1 Å². The highest BCUT2D eigenvalue weighted by Gasteiger charge is 2.21. The van der Waals surface area contributed by atoms with Gasteiger partial charge in [-0.15, -0.1) is 0 Å². The fourth-order valence-electron chi connectivity index (χ4n) is 3.03. The van der Waals surface area contributed by atoms with Crippen molar-refractivity contribution in [1.29, 1.82) is 0 Å². The Balaban J connectivity index is 1.47. The van der Waals surface area contributed by atoms with Crippen molar-refractivity contribution in [1.82, 2.24) is 9.80 Å². The lowest BCUT2D eigenvalue weighted by molar-refractivity contribution is 0.148. The molecule has 1 saturated heterocycles. The van der Waals surface area contributed by atoms with Gasteiger partial charge in [-0.1, -0.05) is 48.0 Å². The highest BCUT2D eigenvalue weighted by atomic mass is 35.5. The molecule has 0 aromatic heterocycles. The first-order chi connectivity index (χ1) is 12.1. The lowest BCUT2D eigenvalue weighted by Crippen LogP contribution is -2.50. The Morgan fingerprint density at radius 2 is 1.80 bits per heavy atom. The quantitative estimate of drug-likeness (QED) is 0.896. The van der Waals surface area contributed by atoms with Gasteiger partial charge in [0, 0.05) is 43.4 Å². The number of rotatable bonds is 4. The van der Waals surface area contributed by atoms with Gasteiger partial charge in [-0.05, 0) is 36.6 Å². The van der Waals surface area contributed by atoms with E-state index in [0.29, 0.717) is 5.02 Å². The summed E-state index contributed by atoms with van der Waals surface area (Å²) in [4.78, 5) is 16.8.